The van der Waals surface area contributed by atoms with Crippen molar-refractivity contribution in [3.05, 3.63) is 12.2 Å². The summed E-state index contributed by atoms with van der Waals surface area (Å²) in [4.78, 5) is 21.7. The van der Waals surface area contributed by atoms with Gasteiger partial charge in [-0.15, -0.1) is 0 Å². The molecule has 0 spiro atoms. The van der Waals surface area contributed by atoms with Crippen LogP contribution in [0, 0.1) is 5.92 Å². The summed E-state index contributed by atoms with van der Waals surface area (Å²) in [5, 5.41) is 8.83. The van der Waals surface area contributed by atoms with Crippen molar-refractivity contribution in [2.75, 3.05) is 12.4 Å². The Morgan fingerprint density at radius 3 is 2.26 bits per heavy atom. The second-order valence-electron chi connectivity index (χ2n) is 4.95. The molecule has 0 rings (SSSR count). The number of allylic oxidation sites excluding steroid dienone is 1. The monoisotopic (exact) mass is 376 g/mol. The molecule has 1 atom stereocenters. The quantitative estimate of drug-likeness (QED) is 0.258. The number of carboxylic acids is 1. The summed E-state index contributed by atoms with van der Waals surface area (Å²) in [6.07, 6.45) is 5.78. The number of rotatable bonds is 10. The number of ether oxygens (including phenoxy) is 1. The number of carbonyl (C=O) groups is 2. The first-order valence-electron chi connectivity index (χ1n) is 7.65. The van der Waals surface area contributed by atoms with Gasteiger partial charge in [0.2, 0.25) is 0 Å². The summed E-state index contributed by atoms with van der Waals surface area (Å²) < 4.78 is 33.9. The van der Waals surface area contributed by atoms with Crippen LogP contribution in [0.3, 0.4) is 0 Å². The summed E-state index contributed by atoms with van der Waals surface area (Å²) in [6.45, 7) is 3.65. The Morgan fingerprint density at radius 1 is 1.30 bits per heavy atom. The van der Waals surface area contributed by atoms with Gasteiger partial charge in [0.25, 0.3) is 0 Å². The van der Waals surface area contributed by atoms with E-state index in [1.165, 1.54) is 6.08 Å². The molecule has 9 heteroatoms. The van der Waals surface area contributed by atoms with Gasteiger partial charge in [-0.25, -0.2) is 4.79 Å². The average Bonchev–Trinajstić information content (AvgIpc) is 2.45. The summed E-state index contributed by atoms with van der Waals surface area (Å²) in [5.41, 5.74) is 0. The first kappa shape index (κ1) is 25.5. The van der Waals surface area contributed by atoms with Crippen LogP contribution in [0.15, 0.2) is 12.2 Å². The zero-order chi connectivity index (χ0) is 18.3. The van der Waals surface area contributed by atoms with Crippen molar-refractivity contribution in [2.45, 2.75) is 40.0 Å². The van der Waals surface area contributed by atoms with E-state index in [2.05, 4.69) is 0 Å². The minimum atomic E-state index is -3.66. The SMILES string of the molecule is CC=CC(=O)OCC(CCCC)C(=O)O.O=S(=O)(O)CC[CH2][K]. The van der Waals surface area contributed by atoms with E-state index in [1.807, 2.05) is 6.92 Å². The van der Waals surface area contributed by atoms with Crippen molar-refractivity contribution in [3.8, 4) is 0 Å². The van der Waals surface area contributed by atoms with Gasteiger partial charge in [-0.05, 0) is 13.3 Å². The van der Waals surface area contributed by atoms with Crippen LogP contribution in [0.4, 0.5) is 0 Å². The molecule has 130 valence electrons. The van der Waals surface area contributed by atoms with Crippen LogP contribution in [0.5, 0.6) is 0 Å². The van der Waals surface area contributed by atoms with E-state index in [4.69, 9.17) is 14.4 Å². The number of aliphatic carboxylic acids is 1. The number of esters is 1. The molecule has 0 saturated carbocycles. The van der Waals surface area contributed by atoms with E-state index in [1.54, 1.807) is 13.0 Å². The van der Waals surface area contributed by atoms with Crippen LogP contribution < -0.4 is 0 Å². The molecular formula is C14H25KO7S. The average molecular weight is 377 g/mol. The van der Waals surface area contributed by atoms with Gasteiger partial charge in [0.15, 0.2) is 0 Å². The molecule has 0 aliphatic carbocycles. The third-order valence-electron chi connectivity index (χ3n) is 2.74. The fraction of sp³-hybridized carbons (Fsp3) is 0.714. The number of carbonyl (C=O) groups excluding carboxylic acids is 1. The summed E-state index contributed by atoms with van der Waals surface area (Å²) in [5.74, 6) is -2.04. The maximum absolute atomic E-state index is 10.9. The second-order valence-corrected chi connectivity index (χ2v) is 8.08. The first-order chi connectivity index (χ1) is 10.7. The second kappa shape index (κ2) is 15.7. The molecule has 0 aromatic heterocycles. The zero-order valence-corrected chi connectivity index (χ0v) is 18.0. The van der Waals surface area contributed by atoms with Gasteiger partial charge in [0, 0.05) is 6.08 Å². The Labute approximate surface area is 172 Å². The van der Waals surface area contributed by atoms with Crippen LogP contribution >= 0.6 is 0 Å². The van der Waals surface area contributed by atoms with E-state index in [-0.39, 0.29) is 12.4 Å². The third-order valence-corrected chi connectivity index (χ3v) is 4.65. The Kier molecular flexibility index (Phi) is 17.4. The van der Waals surface area contributed by atoms with Crippen molar-refractivity contribution in [1.82, 2.24) is 0 Å². The molecule has 1 unspecified atom stereocenters. The molecule has 0 heterocycles. The number of hydrogen-bond acceptors (Lipinski definition) is 5. The molecule has 0 fully saturated rings. The van der Waals surface area contributed by atoms with Crippen LogP contribution in [0.25, 0.3) is 0 Å². The Hall–Kier alpha value is 0.226. The van der Waals surface area contributed by atoms with Gasteiger partial charge in [0.05, 0.1) is 5.92 Å². The van der Waals surface area contributed by atoms with E-state index in [0.717, 1.165) is 13.4 Å². The Morgan fingerprint density at radius 2 is 1.91 bits per heavy atom. The van der Waals surface area contributed by atoms with Crippen molar-refractivity contribution >= 4 is 71.0 Å². The van der Waals surface area contributed by atoms with Crippen molar-refractivity contribution < 1.29 is 32.4 Å². The Bertz CT molecular complexity index is 460. The van der Waals surface area contributed by atoms with Gasteiger partial charge in [0.1, 0.15) is 6.61 Å². The molecule has 7 nitrogen and oxygen atoms in total. The van der Waals surface area contributed by atoms with Gasteiger partial charge < -0.3 is 9.84 Å². The predicted molar refractivity (Wildman–Crippen MR) is 88.0 cm³/mol. The standard InChI is InChI=1S/C11H18O4.C3H7O3S.K/c1-3-5-7-9(11(13)14)8-15-10(12)6-4-2;1-2-3-7(4,5)6;/h4,6,9H,3,5,7-8H2,1-2H3,(H,13,14);1-3H2,(H,4,5,6);. The zero-order valence-electron chi connectivity index (χ0n) is 14.0. The molecule has 0 saturated heterocycles. The first-order valence-corrected chi connectivity index (χ1v) is 11.5. The third kappa shape index (κ3) is 20.2. The summed E-state index contributed by atoms with van der Waals surface area (Å²) >= 11 is 0.706. The minimum absolute atomic E-state index is 0.0431. The molecule has 0 bridgehead atoms. The van der Waals surface area contributed by atoms with E-state index in [0.29, 0.717) is 61.8 Å². The molecule has 0 aromatic carbocycles. The van der Waals surface area contributed by atoms with Crippen LogP contribution in [0.2, 0.25) is 0.515 Å². The van der Waals surface area contributed by atoms with E-state index >= 15 is 0 Å². The number of carboxylic acid groups (broad SMARTS) is 1. The normalized spacial score (nSPS) is 12.4. The van der Waals surface area contributed by atoms with Crippen LogP contribution in [-0.2, 0) is 24.4 Å². The molecule has 0 radical (unpaired) electrons. The van der Waals surface area contributed by atoms with E-state index < -0.39 is 28.0 Å². The molecule has 0 aliphatic heterocycles. The number of unbranched alkanes of at least 4 members (excludes halogenated alkanes) is 1. The van der Waals surface area contributed by atoms with Crippen molar-refractivity contribution in [3.63, 3.8) is 0 Å². The number of hydrogen-bond donors (Lipinski definition) is 2. The maximum atomic E-state index is 10.9. The molecule has 23 heavy (non-hydrogen) atoms. The van der Waals surface area contributed by atoms with Crippen molar-refractivity contribution in [1.29, 1.82) is 0 Å². The summed E-state index contributed by atoms with van der Waals surface area (Å²) in [6, 6.07) is 0. The van der Waals surface area contributed by atoms with Gasteiger partial charge >= 0.3 is 96.7 Å². The molecule has 0 aromatic rings. The van der Waals surface area contributed by atoms with Crippen LogP contribution in [0.1, 0.15) is 39.5 Å². The van der Waals surface area contributed by atoms with Gasteiger partial charge in [-0.1, -0.05) is 25.8 Å². The molecule has 2 N–H and O–H groups in total. The van der Waals surface area contributed by atoms with Crippen molar-refractivity contribution in [2.24, 2.45) is 5.92 Å². The van der Waals surface area contributed by atoms with Crippen LogP contribution in [-0.4, -0.2) is 91.3 Å². The predicted octanol–water partition coefficient (Wildman–Crippen LogP) is 1.85. The van der Waals surface area contributed by atoms with E-state index in [9.17, 15) is 18.0 Å². The fourth-order valence-corrected chi connectivity index (χ4v) is 3.43. The fourth-order valence-electron chi connectivity index (χ4n) is 1.42. The Balaban J connectivity index is 0. The van der Waals surface area contributed by atoms with Gasteiger partial charge in [-0.3, -0.25) is 4.79 Å². The molecule has 0 aliphatic rings. The summed E-state index contributed by atoms with van der Waals surface area (Å²) in [7, 11) is -3.66. The molecule has 0 amide bonds. The topological polar surface area (TPSA) is 118 Å². The molecular weight excluding hydrogens is 351 g/mol. The van der Waals surface area contributed by atoms with Gasteiger partial charge in [-0.2, -0.15) is 0 Å².